The van der Waals surface area contributed by atoms with Crippen LogP contribution in [-0.2, 0) is 9.53 Å². The Kier molecular flexibility index (Phi) is 6.44. The highest BCUT2D eigenvalue weighted by Gasteiger charge is 2.29. The number of carbonyl (C=O) groups excluding carboxylic acids is 1. The molecule has 1 atom stereocenters. The van der Waals surface area contributed by atoms with E-state index in [4.69, 9.17) is 4.74 Å². The van der Waals surface area contributed by atoms with Crippen molar-refractivity contribution in [1.82, 2.24) is 9.88 Å². The first-order valence-corrected chi connectivity index (χ1v) is 10.4. The highest BCUT2D eigenvalue weighted by atomic mass is 19.1. The molecule has 0 spiro atoms. The highest BCUT2D eigenvalue weighted by Crippen LogP contribution is 2.27. The molecule has 3 aromatic rings. The molecular weight excluding hydrogens is 395 g/mol. The maximum atomic E-state index is 13.8. The monoisotopic (exact) mass is 422 g/mol. The molecule has 0 radical (unpaired) electrons. The van der Waals surface area contributed by atoms with E-state index in [0.29, 0.717) is 19.7 Å². The number of anilines is 2. The minimum Gasteiger partial charge on any atom is -0.383 e. The van der Waals surface area contributed by atoms with Crippen molar-refractivity contribution in [2.45, 2.75) is 13.0 Å². The fourth-order valence-corrected chi connectivity index (χ4v) is 4.02. The number of aryl methyl sites for hydroxylation is 1. The maximum Gasteiger partial charge on any atom is 0.244 e. The van der Waals surface area contributed by atoms with Crippen molar-refractivity contribution in [2.75, 3.05) is 50.1 Å². The summed E-state index contributed by atoms with van der Waals surface area (Å²) in [6.45, 7) is 5.20. The topological polar surface area (TPSA) is 57.7 Å². The van der Waals surface area contributed by atoms with Crippen molar-refractivity contribution in [3.8, 4) is 0 Å². The Balaban J connectivity index is 1.45. The molecule has 4 rings (SSSR count). The first-order valence-electron chi connectivity index (χ1n) is 10.4. The lowest BCUT2D eigenvalue weighted by molar-refractivity contribution is -0.123. The number of ether oxygens (including phenoxy) is 1. The second-order valence-corrected chi connectivity index (χ2v) is 7.84. The van der Waals surface area contributed by atoms with Crippen molar-refractivity contribution >= 4 is 28.2 Å². The molecule has 0 bridgehead atoms. The van der Waals surface area contributed by atoms with Gasteiger partial charge in [-0.25, -0.2) is 4.39 Å². The number of pyridine rings is 1. The second kappa shape index (κ2) is 9.41. The lowest BCUT2D eigenvalue weighted by Gasteiger charge is -2.39. The summed E-state index contributed by atoms with van der Waals surface area (Å²) in [5, 5.41) is 3.81. The second-order valence-electron chi connectivity index (χ2n) is 7.84. The third-order valence-corrected chi connectivity index (χ3v) is 5.72. The number of fused-ring (bicyclic) bond motifs is 1. The summed E-state index contributed by atoms with van der Waals surface area (Å²) in [5.74, 6) is -0.344. The molecule has 2 aromatic carbocycles. The summed E-state index contributed by atoms with van der Waals surface area (Å²) < 4.78 is 19.2. The normalized spacial score (nSPS) is 15.8. The molecule has 1 amide bonds. The summed E-state index contributed by atoms with van der Waals surface area (Å²) in [4.78, 5) is 21.7. The van der Waals surface area contributed by atoms with Gasteiger partial charge >= 0.3 is 0 Å². The highest BCUT2D eigenvalue weighted by molar-refractivity contribution is 5.95. The Bertz CT molecular complexity index is 1050. The number of halogens is 1. The largest absolute Gasteiger partial charge is 0.383 e. The van der Waals surface area contributed by atoms with Gasteiger partial charge in [-0.3, -0.25) is 14.7 Å². The molecule has 0 aliphatic carbocycles. The molecule has 2 heterocycles. The number of rotatable bonds is 6. The van der Waals surface area contributed by atoms with E-state index in [1.54, 1.807) is 19.4 Å². The number of piperazine rings is 1. The van der Waals surface area contributed by atoms with Gasteiger partial charge in [0, 0.05) is 56.2 Å². The molecule has 31 heavy (non-hydrogen) atoms. The van der Waals surface area contributed by atoms with Crippen LogP contribution in [0.15, 0.2) is 54.7 Å². The molecule has 1 aliphatic rings. The first kappa shape index (κ1) is 21.2. The third-order valence-electron chi connectivity index (χ3n) is 5.72. The number of hydrogen-bond donors (Lipinski definition) is 1. The smallest absolute Gasteiger partial charge is 0.244 e. The quantitative estimate of drug-likeness (QED) is 0.659. The van der Waals surface area contributed by atoms with Crippen LogP contribution >= 0.6 is 0 Å². The van der Waals surface area contributed by atoms with Gasteiger partial charge in [0.05, 0.1) is 12.1 Å². The molecule has 0 saturated carbocycles. The maximum absolute atomic E-state index is 13.8. The zero-order valence-electron chi connectivity index (χ0n) is 17.8. The van der Waals surface area contributed by atoms with Gasteiger partial charge in [0.1, 0.15) is 11.9 Å². The van der Waals surface area contributed by atoms with Gasteiger partial charge in [0.15, 0.2) is 0 Å². The number of hydrogen-bond acceptors (Lipinski definition) is 5. The van der Waals surface area contributed by atoms with Crippen LogP contribution in [0.2, 0.25) is 0 Å². The van der Waals surface area contributed by atoms with Gasteiger partial charge < -0.3 is 15.0 Å². The zero-order chi connectivity index (χ0) is 21.8. The number of aromatic nitrogens is 1. The summed E-state index contributed by atoms with van der Waals surface area (Å²) >= 11 is 0. The first-order chi connectivity index (χ1) is 15.0. The summed E-state index contributed by atoms with van der Waals surface area (Å²) in [6.07, 6.45) is 1.75. The molecule has 1 fully saturated rings. The van der Waals surface area contributed by atoms with Gasteiger partial charge in [-0.1, -0.05) is 17.7 Å². The van der Waals surface area contributed by atoms with Crippen LogP contribution in [0.1, 0.15) is 5.56 Å². The Hall–Kier alpha value is -3.03. The lowest BCUT2D eigenvalue weighted by Crippen LogP contribution is -2.55. The van der Waals surface area contributed by atoms with Crippen LogP contribution in [0.4, 0.5) is 15.8 Å². The van der Waals surface area contributed by atoms with Crippen molar-refractivity contribution in [3.05, 3.63) is 66.1 Å². The Morgan fingerprint density at radius 3 is 2.58 bits per heavy atom. The molecule has 6 nitrogen and oxygen atoms in total. The fourth-order valence-electron chi connectivity index (χ4n) is 4.02. The number of carbonyl (C=O) groups is 1. The van der Waals surface area contributed by atoms with E-state index < -0.39 is 0 Å². The van der Waals surface area contributed by atoms with Crippen LogP contribution in [0.5, 0.6) is 0 Å². The fraction of sp³-hybridized carbons (Fsp3) is 0.333. The zero-order valence-corrected chi connectivity index (χ0v) is 17.8. The molecule has 162 valence electrons. The van der Waals surface area contributed by atoms with Crippen LogP contribution in [-0.4, -0.2) is 61.7 Å². The van der Waals surface area contributed by atoms with E-state index in [-0.39, 0.29) is 17.8 Å². The molecular formula is C24H27FN4O2. The van der Waals surface area contributed by atoms with E-state index in [2.05, 4.69) is 20.1 Å². The standard InChI is InChI=1S/C24H27FN4O2/c1-17-3-6-19(7-4-17)27-24(30)23(16-31-2)29-13-11-28(12-14-29)22-9-10-26-21-8-5-18(25)15-20(21)22/h3-10,15,23H,11-14,16H2,1-2H3,(H,27,30). The lowest BCUT2D eigenvalue weighted by atomic mass is 10.1. The molecule has 1 saturated heterocycles. The van der Waals surface area contributed by atoms with E-state index in [0.717, 1.165) is 40.9 Å². The number of nitrogens with zero attached hydrogens (tertiary/aromatic N) is 3. The number of methoxy groups -OCH3 is 1. The van der Waals surface area contributed by atoms with Crippen molar-refractivity contribution in [2.24, 2.45) is 0 Å². The molecule has 1 unspecified atom stereocenters. The van der Waals surface area contributed by atoms with Crippen LogP contribution in [0.25, 0.3) is 10.9 Å². The number of amides is 1. The van der Waals surface area contributed by atoms with Gasteiger partial charge in [-0.05, 0) is 43.3 Å². The third kappa shape index (κ3) is 4.84. The molecule has 1 aromatic heterocycles. The number of nitrogens with one attached hydrogen (secondary N) is 1. The van der Waals surface area contributed by atoms with E-state index in [1.165, 1.54) is 12.1 Å². The van der Waals surface area contributed by atoms with Gasteiger partial charge in [-0.15, -0.1) is 0 Å². The minimum atomic E-state index is -0.375. The SMILES string of the molecule is COCC(C(=O)Nc1ccc(C)cc1)N1CCN(c2ccnc3ccc(F)cc23)CC1. The predicted molar refractivity (Wildman–Crippen MR) is 121 cm³/mol. The predicted octanol–water partition coefficient (Wildman–Crippen LogP) is 3.46. The Morgan fingerprint density at radius 1 is 1.13 bits per heavy atom. The summed E-state index contributed by atoms with van der Waals surface area (Å²) in [5.41, 5.74) is 3.67. The number of benzene rings is 2. The molecule has 7 heteroatoms. The average molecular weight is 423 g/mol. The molecule has 1 N–H and O–H groups in total. The van der Waals surface area contributed by atoms with Crippen LogP contribution in [0.3, 0.4) is 0 Å². The summed E-state index contributed by atoms with van der Waals surface area (Å²) in [7, 11) is 1.61. The van der Waals surface area contributed by atoms with E-state index in [9.17, 15) is 9.18 Å². The van der Waals surface area contributed by atoms with Gasteiger partial charge in [0.25, 0.3) is 0 Å². The van der Waals surface area contributed by atoms with Gasteiger partial charge in [-0.2, -0.15) is 0 Å². The Labute approximate surface area is 181 Å². The average Bonchev–Trinajstić information content (AvgIpc) is 2.78. The van der Waals surface area contributed by atoms with Crippen molar-refractivity contribution in [1.29, 1.82) is 0 Å². The van der Waals surface area contributed by atoms with Crippen molar-refractivity contribution in [3.63, 3.8) is 0 Å². The minimum absolute atomic E-state index is 0.0735. The summed E-state index contributed by atoms with van der Waals surface area (Å²) in [6, 6.07) is 14.0. The van der Waals surface area contributed by atoms with Crippen LogP contribution < -0.4 is 10.2 Å². The van der Waals surface area contributed by atoms with Gasteiger partial charge in [0.2, 0.25) is 5.91 Å². The van der Waals surface area contributed by atoms with E-state index in [1.807, 2.05) is 37.3 Å². The van der Waals surface area contributed by atoms with Crippen molar-refractivity contribution < 1.29 is 13.9 Å². The van der Waals surface area contributed by atoms with E-state index >= 15 is 0 Å². The molecule has 1 aliphatic heterocycles. The Morgan fingerprint density at radius 2 is 1.87 bits per heavy atom. The van der Waals surface area contributed by atoms with Crippen LogP contribution in [0, 0.1) is 12.7 Å².